The van der Waals surface area contributed by atoms with Gasteiger partial charge in [-0.1, -0.05) is 65.9 Å². The molecule has 0 atom stereocenters. The molecule has 0 radical (unpaired) electrons. The minimum atomic E-state index is -0.698. The van der Waals surface area contributed by atoms with Crippen molar-refractivity contribution in [3.8, 4) is 33.0 Å². The van der Waals surface area contributed by atoms with Gasteiger partial charge in [-0.05, 0) is 18.4 Å². The molecule has 0 spiro atoms. The molecule has 1 fully saturated rings. The van der Waals surface area contributed by atoms with Crippen LogP contribution in [0.1, 0.15) is 12.8 Å². The van der Waals surface area contributed by atoms with Crippen molar-refractivity contribution in [1.29, 1.82) is 0 Å². The summed E-state index contributed by atoms with van der Waals surface area (Å²) in [5.74, 6) is -0.223. The van der Waals surface area contributed by atoms with Crippen LogP contribution in [0.3, 0.4) is 0 Å². The number of benzene rings is 2. The highest BCUT2D eigenvalue weighted by molar-refractivity contribution is 7.19. The Kier molecular flexibility index (Phi) is 5.26. The molecule has 4 aromatic rings. The topological polar surface area (TPSA) is 79.5 Å². The highest BCUT2D eigenvalue weighted by Crippen LogP contribution is 2.41. The van der Waals surface area contributed by atoms with Crippen LogP contribution in [0.25, 0.3) is 33.0 Å². The summed E-state index contributed by atoms with van der Waals surface area (Å²) in [5, 5.41) is 10.2. The third-order valence-electron chi connectivity index (χ3n) is 5.64. The predicted molar refractivity (Wildman–Crippen MR) is 121 cm³/mol. The molecule has 2 aromatic carbocycles. The van der Waals surface area contributed by atoms with Crippen molar-refractivity contribution < 1.29 is 14.3 Å². The van der Waals surface area contributed by atoms with Crippen molar-refractivity contribution in [2.24, 2.45) is 5.92 Å². The lowest BCUT2D eigenvalue weighted by Gasteiger charge is -2.29. The van der Waals surface area contributed by atoms with E-state index in [1.54, 1.807) is 17.5 Å². The zero-order valence-electron chi connectivity index (χ0n) is 16.8. The van der Waals surface area contributed by atoms with E-state index in [4.69, 9.17) is 9.40 Å². The van der Waals surface area contributed by atoms with Crippen LogP contribution in [0.5, 0.6) is 0 Å². The average Bonchev–Trinajstić information content (AvgIpc) is 3.51. The highest BCUT2D eigenvalue weighted by Gasteiger charge is 2.27. The number of aromatic nitrogens is 2. The van der Waals surface area contributed by atoms with Gasteiger partial charge in [-0.2, -0.15) is 0 Å². The summed E-state index contributed by atoms with van der Waals surface area (Å²) in [4.78, 5) is 23.6. The number of rotatable bonds is 5. The molecule has 1 saturated heterocycles. The number of piperidine rings is 1. The van der Waals surface area contributed by atoms with Gasteiger partial charge in [0.05, 0.1) is 22.7 Å². The molecule has 1 aliphatic heterocycles. The number of nitrogens with zero attached hydrogens (tertiary/aromatic N) is 3. The zero-order chi connectivity index (χ0) is 21.2. The molecule has 0 amide bonds. The lowest BCUT2D eigenvalue weighted by Crippen LogP contribution is -2.36. The first-order valence-corrected chi connectivity index (χ1v) is 11.0. The summed E-state index contributed by atoms with van der Waals surface area (Å²) >= 11 is 1.66. The maximum absolute atomic E-state index is 11.3. The third kappa shape index (κ3) is 3.96. The number of carbonyl (C=O) groups is 1. The molecule has 31 heavy (non-hydrogen) atoms. The van der Waals surface area contributed by atoms with Gasteiger partial charge in [0.1, 0.15) is 0 Å². The Balaban J connectivity index is 1.49. The maximum Gasteiger partial charge on any atom is 0.306 e. The van der Waals surface area contributed by atoms with Gasteiger partial charge in [0.15, 0.2) is 17.3 Å². The standard InChI is InChI=1S/C24H21N3O3S/c28-23(29)19-10-12-27(13-11-19)24-26-21(22(31-24)18-4-2-1-3-5-18)17-8-6-16(7-9-17)20-14-25-15-30-20/h1-9,14-15,19H,10-13H2,(H,28,29). The molecule has 156 valence electrons. The summed E-state index contributed by atoms with van der Waals surface area (Å²) in [7, 11) is 0. The number of hydrogen-bond acceptors (Lipinski definition) is 6. The quantitative estimate of drug-likeness (QED) is 0.454. The second-order valence-electron chi connectivity index (χ2n) is 7.58. The van der Waals surface area contributed by atoms with Gasteiger partial charge in [0.25, 0.3) is 0 Å². The Morgan fingerprint density at radius 2 is 1.71 bits per heavy atom. The van der Waals surface area contributed by atoms with Gasteiger partial charge >= 0.3 is 5.97 Å². The molecule has 1 aliphatic rings. The van der Waals surface area contributed by atoms with E-state index in [0.717, 1.165) is 38.2 Å². The molecule has 0 unspecified atom stereocenters. The van der Waals surface area contributed by atoms with E-state index in [-0.39, 0.29) is 5.92 Å². The molecule has 5 rings (SSSR count). The van der Waals surface area contributed by atoms with Crippen LogP contribution in [0.15, 0.2) is 71.6 Å². The van der Waals surface area contributed by atoms with E-state index in [1.807, 2.05) is 30.3 Å². The van der Waals surface area contributed by atoms with Gasteiger partial charge in [0, 0.05) is 24.2 Å². The number of carboxylic acids is 1. The largest absolute Gasteiger partial charge is 0.481 e. The van der Waals surface area contributed by atoms with Crippen LogP contribution in [-0.4, -0.2) is 34.1 Å². The molecular weight excluding hydrogens is 410 g/mol. The third-order valence-corrected chi connectivity index (χ3v) is 6.81. The fraction of sp³-hybridized carbons (Fsp3) is 0.208. The molecule has 1 N–H and O–H groups in total. The first kappa shape index (κ1) is 19.5. The molecular formula is C24H21N3O3S. The normalized spacial score (nSPS) is 14.6. The number of thiazole rings is 1. The molecule has 7 heteroatoms. The van der Waals surface area contributed by atoms with Crippen molar-refractivity contribution in [1.82, 2.24) is 9.97 Å². The van der Waals surface area contributed by atoms with Crippen LogP contribution < -0.4 is 4.90 Å². The van der Waals surface area contributed by atoms with Gasteiger partial charge in [-0.25, -0.2) is 9.97 Å². The smallest absolute Gasteiger partial charge is 0.306 e. The number of anilines is 1. The van der Waals surface area contributed by atoms with Crippen molar-refractivity contribution in [2.45, 2.75) is 12.8 Å². The van der Waals surface area contributed by atoms with Crippen LogP contribution in [0, 0.1) is 5.92 Å². The first-order valence-electron chi connectivity index (χ1n) is 10.2. The number of oxazole rings is 1. The van der Waals surface area contributed by atoms with E-state index >= 15 is 0 Å². The van der Waals surface area contributed by atoms with Gasteiger partial charge < -0.3 is 14.4 Å². The maximum atomic E-state index is 11.3. The molecule has 0 bridgehead atoms. The second-order valence-corrected chi connectivity index (χ2v) is 8.56. The summed E-state index contributed by atoms with van der Waals surface area (Å²) in [6, 6.07) is 18.4. The van der Waals surface area contributed by atoms with Crippen LogP contribution in [-0.2, 0) is 4.79 Å². The summed E-state index contributed by atoms with van der Waals surface area (Å²) in [5.41, 5.74) is 4.07. The lowest BCUT2D eigenvalue weighted by atomic mass is 9.97. The van der Waals surface area contributed by atoms with Gasteiger partial charge in [-0.3, -0.25) is 4.79 Å². The monoisotopic (exact) mass is 431 g/mol. The van der Waals surface area contributed by atoms with Crippen LogP contribution in [0.2, 0.25) is 0 Å². The second kappa shape index (κ2) is 8.35. The summed E-state index contributed by atoms with van der Waals surface area (Å²) < 4.78 is 5.39. The van der Waals surface area contributed by atoms with E-state index < -0.39 is 5.97 Å². The van der Waals surface area contributed by atoms with Crippen LogP contribution in [0.4, 0.5) is 5.13 Å². The fourth-order valence-electron chi connectivity index (χ4n) is 3.89. The molecule has 6 nitrogen and oxygen atoms in total. The van der Waals surface area contributed by atoms with Crippen molar-refractivity contribution in [3.05, 3.63) is 67.2 Å². The van der Waals surface area contributed by atoms with Crippen molar-refractivity contribution in [3.63, 3.8) is 0 Å². The van der Waals surface area contributed by atoms with Gasteiger partial charge in [-0.15, -0.1) is 0 Å². The summed E-state index contributed by atoms with van der Waals surface area (Å²) in [6.07, 6.45) is 4.43. The number of carboxylic acid groups (broad SMARTS) is 1. The summed E-state index contributed by atoms with van der Waals surface area (Å²) in [6.45, 7) is 1.42. The van der Waals surface area contributed by atoms with E-state index in [0.29, 0.717) is 25.9 Å². The molecule has 2 aromatic heterocycles. The zero-order valence-corrected chi connectivity index (χ0v) is 17.6. The molecule has 0 saturated carbocycles. The molecule has 3 heterocycles. The minimum absolute atomic E-state index is 0.257. The van der Waals surface area contributed by atoms with Crippen molar-refractivity contribution >= 4 is 22.4 Å². The van der Waals surface area contributed by atoms with Crippen LogP contribution >= 0.6 is 11.3 Å². The predicted octanol–water partition coefficient (Wildman–Crippen LogP) is 5.43. The van der Waals surface area contributed by atoms with E-state index in [9.17, 15) is 9.90 Å². The highest BCUT2D eigenvalue weighted by atomic mass is 32.1. The Bertz CT molecular complexity index is 1160. The van der Waals surface area contributed by atoms with E-state index in [1.165, 1.54) is 6.39 Å². The SMILES string of the molecule is O=C(O)C1CCN(c2nc(-c3ccc(-c4cnco4)cc3)c(-c3ccccc3)s2)CC1. The van der Waals surface area contributed by atoms with Crippen molar-refractivity contribution in [2.75, 3.05) is 18.0 Å². The minimum Gasteiger partial charge on any atom is -0.481 e. The Morgan fingerprint density at radius 1 is 1.00 bits per heavy atom. The average molecular weight is 432 g/mol. The Hall–Kier alpha value is -3.45. The Labute approximate surface area is 183 Å². The van der Waals surface area contributed by atoms with E-state index in [2.05, 4.69) is 34.1 Å². The molecule has 0 aliphatic carbocycles. The lowest BCUT2D eigenvalue weighted by molar-refractivity contribution is -0.142. The fourth-order valence-corrected chi connectivity index (χ4v) is 5.04. The number of hydrogen-bond donors (Lipinski definition) is 1. The Morgan fingerprint density at radius 3 is 2.35 bits per heavy atom. The first-order chi connectivity index (χ1) is 15.2. The van der Waals surface area contributed by atoms with Gasteiger partial charge in [0.2, 0.25) is 0 Å². The number of aliphatic carboxylic acids is 1.